The van der Waals surface area contributed by atoms with Crippen LogP contribution in [-0.4, -0.2) is 35.3 Å². The van der Waals surface area contributed by atoms with E-state index in [1.165, 1.54) is 27.4 Å². The molecule has 0 radical (unpaired) electrons. The number of nitrogens with one attached hydrogen (secondary N) is 1. The molecule has 1 aliphatic carbocycles. The Hall–Kier alpha value is -1.90. The zero-order chi connectivity index (χ0) is 19.5. The first kappa shape index (κ1) is 20.4. The van der Waals surface area contributed by atoms with Crippen LogP contribution in [0.15, 0.2) is 15.7 Å². The summed E-state index contributed by atoms with van der Waals surface area (Å²) in [7, 11) is -1.13. The fourth-order valence-corrected chi connectivity index (χ4v) is 4.54. The zero-order valence-electron chi connectivity index (χ0n) is 15.5. The van der Waals surface area contributed by atoms with E-state index in [2.05, 4.69) is 5.32 Å². The minimum Gasteiger partial charge on any atom is -0.355 e. The second-order valence-electron chi connectivity index (χ2n) is 7.07. The normalized spacial score (nSPS) is 17.0. The first-order valence-corrected chi connectivity index (χ1v) is 10.6. The van der Waals surface area contributed by atoms with Crippen molar-refractivity contribution in [3.8, 4) is 0 Å². The van der Waals surface area contributed by atoms with Crippen LogP contribution < -0.4 is 16.6 Å². The first-order valence-electron chi connectivity index (χ1n) is 8.88. The van der Waals surface area contributed by atoms with Crippen LogP contribution in [-0.2, 0) is 34.5 Å². The van der Waals surface area contributed by atoms with Gasteiger partial charge in [-0.1, -0.05) is 19.3 Å². The van der Waals surface area contributed by atoms with Gasteiger partial charge >= 0.3 is 5.69 Å². The fourth-order valence-electron chi connectivity index (χ4n) is 3.19. The standard InChI is InChI=1S/C17H27N3O5S/c1-12(16(22)18-10-13-7-5-4-6-8-13)26(24,25)11-14-9-15(21)20(3)17(23)19(14)2/h9,12-13H,4-8,10-11H2,1-3H3,(H,18,22). The van der Waals surface area contributed by atoms with E-state index in [1.807, 2.05) is 0 Å². The minimum absolute atomic E-state index is 0.0741. The van der Waals surface area contributed by atoms with Gasteiger partial charge in [-0.05, 0) is 25.7 Å². The Bertz CT molecular complexity index is 879. The van der Waals surface area contributed by atoms with E-state index < -0.39 is 38.0 Å². The summed E-state index contributed by atoms with van der Waals surface area (Å²) in [5.41, 5.74) is -1.10. The fraction of sp³-hybridized carbons (Fsp3) is 0.706. The van der Waals surface area contributed by atoms with Gasteiger partial charge in [-0.2, -0.15) is 0 Å². The number of amides is 1. The molecule has 1 aliphatic rings. The minimum atomic E-state index is -3.85. The average molecular weight is 385 g/mol. The summed E-state index contributed by atoms with van der Waals surface area (Å²) >= 11 is 0. The second kappa shape index (κ2) is 8.20. The van der Waals surface area contributed by atoms with Crippen molar-refractivity contribution >= 4 is 15.7 Å². The van der Waals surface area contributed by atoms with Crippen molar-refractivity contribution in [1.82, 2.24) is 14.5 Å². The highest BCUT2D eigenvalue weighted by atomic mass is 32.2. The van der Waals surface area contributed by atoms with Gasteiger partial charge in [0.15, 0.2) is 9.84 Å². The molecule has 0 aromatic carbocycles. The molecular formula is C17H27N3O5S. The molecule has 0 spiro atoms. The smallest absolute Gasteiger partial charge is 0.330 e. The Kier molecular flexibility index (Phi) is 6.44. The van der Waals surface area contributed by atoms with Gasteiger partial charge in [0.1, 0.15) is 5.25 Å². The topological polar surface area (TPSA) is 107 Å². The van der Waals surface area contributed by atoms with E-state index in [-0.39, 0.29) is 5.69 Å². The Morgan fingerprint density at radius 3 is 2.42 bits per heavy atom. The molecule has 8 nitrogen and oxygen atoms in total. The summed E-state index contributed by atoms with van der Waals surface area (Å²) in [6.45, 7) is 1.83. The quantitative estimate of drug-likeness (QED) is 0.746. The molecule has 1 atom stereocenters. The molecule has 2 rings (SSSR count). The van der Waals surface area contributed by atoms with Crippen LogP contribution in [0.1, 0.15) is 44.7 Å². The van der Waals surface area contributed by atoms with Gasteiger partial charge in [0, 0.05) is 32.4 Å². The summed E-state index contributed by atoms with van der Waals surface area (Å²) < 4.78 is 27.2. The van der Waals surface area contributed by atoms with Crippen molar-refractivity contribution in [2.75, 3.05) is 6.54 Å². The number of hydrogen-bond donors (Lipinski definition) is 1. The third-order valence-electron chi connectivity index (χ3n) is 5.17. The molecule has 146 valence electrons. The highest BCUT2D eigenvalue weighted by Gasteiger charge is 2.29. The molecule has 1 fully saturated rings. The number of carbonyl (C=O) groups excluding carboxylic acids is 1. The van der Waals surface area contributed by atoms with Gasteiger partial charge in [0.25, 0.3) is 5.56 Å². The van der Waals surface area contributed by atoms with Crippen molar-refractivity contribution in [3.63, 3.8) is 0 Å². The van der Waals surface area contributed by atoms with Gasteiger partial charge in [0.05, 0.1) is 5.75 Å². The van der Waals surface area contributed by atoms with Crippen LogP contribution in [0.4, 0.5) is 0 Å². The van der Waals surface area contributed by atoms with E-state index in [0.29, 0.717) is 12.5 Å². The number of sulfone groups is 1. The maximum atomic E-state index is 12.6. The lowest BCUT2D eigenvalue weighted by Gasteiger charge is -2.22. The summed E-state index contributed by atoms with van der Waals surface area (Å²) in [4.78, 5) is 36.0. The molecule has 1 unspecified atom stereocenters. The molecule has 0 saturated heterocycles. The van der Waals surface area contributed by atoms with Crippen LogP contribution >= 0.6 is 0 Å². The lowest BCUT2D eigenvalue weighted by Crippen LogP contribution is -2.42. The number of carbonyl (C=O) groups is 1. The Balaban J connectivity index is 2.08. The lowest BCUT2D eigenvalue weighted by molar-refractivity contribution is -0.120. The predicted octanol–water partition coefficient (Wildman–Crippen LogP) is 0.0838. The average Bonchev–Trinajstić information content (AvgIpc) is 2.62. The monoisotopic (exact) mass is 385 g/mol. The van der Waals surface area contributed by atoms with Gasteiger partial charge in [-0.15, -0.1) is 0 Å². The molecule has 1 N–H and O–H groups in total. The zero-order valence-corrected chi connectivity index (χ0v) is 16.3. The molecule has 1 saturated carbocycles. The summed E-state index contributed by atoms with van der Waals surface area (Å²) in [5.74, 6) is -0.669. The highest BCUT2D eigenvalue weighted by Crippen LogP contribution is 2.22. The van der Waals surface area contributed by atoms with E-state index in [9.17, 15) is 22.8 Å². The van der Waals surface area contributed by atoms with Crippen LogP contribution in [0.2, 0.25) is 0 Å². The molecule has 26 heavy (non-hydrogen) atoms. The Morgan fingerprint density at radius 2 is 1.81 bits per heavy atom. The van der Waals surface area contributed by atoms with Gasteiger partial charge in [-0.25, -0.2) is 13.2 Å². The van der Waals surface area contributed by atoms with Crippen LogP contribution in [0.5, 0.6) is 0 Å². The van der Waals surface area contributed by atoms with E-state index >= 15 is 0 Å². The Labute approximate surface area is 153 Å². The van der Waals surface area contributed by atoms with Crippen LogP contribution in [0, 0.1) is 5.92 Å². The second-order valence-corrected chi connectivity index (χ2v) is 9.39. The number of nitrogens with zero attached hydrogens (tertiary/aromatic N) is 2. The number of aromatic nitrogens is 2. The number of hydrogen-bond acceptors (Lipinski definition) is 5. The summed E-state index contributed by atoms with van der Waals surface area (Å²) in [6, 6.07) is 1.12. The van der Waals surface area contributed by atoms with Crippen LogP contribution in [0.25, 0.3) is 0 Å². The molecule has 1 aromatic heterocycles. The SMILES string of the molecule is CC(C(=O)NCC1CCCCC1)S(=O)(=O)Cc1cc(=O)n(C)c(=O)n1C. The third kappa shape index (κ3) is 4.63. The maximum absolute atomic E-state index is 12.6. The molecule has 9 heteroatoms. The third-order valence-corrected chi connectivity index (χ3v) is 7.16. The predicted molar refractivity (Wildman–Crippen MR) is 98.6 cm³/mol. The summed E-state index contributed by atoms with van der Waals surface area (Å²) in [6.07, 6.45) is 5.61. The van der Waals surface area contributed by atoms with Crippen molar-refractivity contribution in [3.05, 3.63) is 32.6 Å². The highest BCUT2D eigenvalue weighted by molar-refractivity contribution is 7.92. The Morgan fingerprint density at radius 1 is 1.19 bits per heavy atom. The largest absolute Gasteiger partial charge is 0.355 e. The van der Waals surface area contributed by atoms with Crippen molar-refractivity contribution < 1.29 is 13.2 Å². The van der Waals surface area contributed by atoms with Crippen molar-refractivity contribution in [2.24, 2.45) is 20.0 Å². The molecule has 1 amide bonds. The summed E-state index contributed by atoms with van der Waals surface area (Å²) in [5, 5.41) is 1.49. The maximum Gasteiger partial charge on any atom is 0.330 e. The van der Waals surface area contributed by atoms with Crippen molar-refractivity contribution in [2.45, 2.75) is 50.0 Å². The molecular weight excluding hydrogens is 358 g/mol. The van der Waals surface area contributed by atoms with Gasteiger partial charge in [0.2, 0.25) is 5.91 Å². The van der Waals surface area contributed by atoms with Gasteiger partial charge in [-0.3, -0.25) is 18.7 Å². The molecule has 1 aromatic rings. The molecule has 1 heterocycles. The van der Waals surface area contributed by atoms with E-state index in [0.717, 1.165) is 40.9 Å². The molecule has 0 aliphatic heterocycles. The van der Waals surface area contributed by atoms with Crippen molar-refractivity contribution in [1.29, 1.82) is 0 Å². The first-order chi connectivity index (χ1) is 12.1. The van der Waals surface area contributed by atoms with Gasteiger partial charge < -0.3 is 5.32 Å². The lowest BCUT2D eigenvalue weighted by atomic mass is 9.89. The van der Waals surface area contributed by atoms with E-state index in [4.69, 9.17) is 0 Å². The van der Waals surface area contributed by atoms with Crippen LogP contribution in [0.3, 0.4) is 0 Å². The van der Waals surface area contributed by atoms with E-state index in [1.54, 1.807) is 0 Å². The number of rotatable bonds is 6. The molecule has 0 bridgehead atoms.